The Morgan fingerprint density at radius 3 is 2.11 bits per heavy atom. The van der Waals surface area contributed by atoms with Crippen LogP contribution in [-0.2, 0) is 4.57 Å². The van der Waals surface area contributed by atoms with Crippen LogP contribution < -0.4 is 10.4 Å². The first-order valence-electron chi connectivity index (χ1n) is 6.33. The zero-order valence-electron chi connectivity index (χ0n) is 10.7. The molecule has 0 spiro atoms. The molecule has 0 saturated heterocycles. The van der Waals surface area contributed by atoms with Crippen LogP contribution in [0.3, 0.4) is 0 Å². The summed E-state index contributed by atoms with van der Waals surface area (Å²) in [6.07, 6.45) is 1.45. The Bertz CT molecular complexity index is 545. The summed E-state index contributed by atoms with van der Waals surface area (Å²) in [6, 6.07) is 19.4. The maximum Gasteiger partial charge on any atom is 0.198 e. The zero-order valence-corrected chi connectivity index (χ0v) is 12.5. The van der Waals surface area contributed by atoms with Gasteiger partial charge in [-0.2, -0.15) is 12.6 Å². The average Bonchev–Trinajstić information content (AvgIpc) is 2.47. The second-order valence-corrected chi connectivity index (χ2v) is 7.47. The fraction of sp³-hybridized carbons (Fsp3) is 0.200. The molecule has 0 aliphatic heterocycles. The van der Waals surface area contributed by atoms with Crippen molar-refractivity contribution < 1.29 is 4.57 Å². The van der Waals surface area contributed by atoms with Gasteiger partial charge in [0.1, 0.15) is 0 Å². The van der Waals surface area contributed by atoms with Gasteiger partial charge in [0.25, 0.3) is 0 Å². The number of thiol groups is 1. The van der Waals surface area contributed by atoms with E-state index in [0.717, 1.165) is 23.2 Å². The van der Waals surface area contributed by atoms with E-state index in [2.05, 4.69) is 17.7 Å². The van der Waals surface area contributed by atoms with E-state index < -0.39 is 7.29 Å². The first-order chi connectivity index (χ1) is 9.24. The summed E-state index contributed by atoms with van der Waals surface area (Å²) in [5.74, 6) is 0.743. The van der Waals surface area contributed by atoms with E-state index in [1.807, 2.05) is 60.7 Å². The van der Waals surface area contributed by atoms with Crippen molar-refractivity contribution in [2.45, 2.75) is 6.42 Å². The van der Waals surface area contributed by atoms with Gasteiger partial charge in [0, 0.05) is 17.2 Å². The van der Waals surface area contributed by atoms with Gasteiger partial charge in [0.05, 0.1) is 0 Å². The fourth-order valence-corrected chi connectivity index (χ4v) is 4.66. The van der Waals surface area contributed by atoms with Crippen molar-refractivity contribution in [3.05, 3.63) is 60.7 Å². The quantitative estimate of drug-likeness (QED) is 0.621. The third-order valence-corrected chi connectivity index (χ3v) is 5.90. The number of hydrogen-bond donors (Lipinski definition) is 2. The lowest BCUT2D eigenvalue weighted by molar-refractivity contribution is 0.583. The largest absolute Gasteiger partial charge is 0.333 e. The van der Waals surface area contributed by atoms with Gasteiger partial charge in [-0.25, -0.2) is 0 Å². The van der Waals surface area contributed by atoms with Crippen molar-refractivity contribution in [2.24, 2.45) is 0 Å². The highest BCUT2D eigenvalue weighted by molar-refractivity contribution is 7.80. The molecule has 4 heteroatoms. The Labute approximate surface area is 120 Å². The molecule has 2 rings (SSSR count). The number of para-hydroxylation sites is 1. The van der Waals surface area contributed by atoms with Gasteiger partial charge in [0.15, 0.2) is 7.29 Å². The van der Waals surface area contributed by atoms with Crippen LogP contribution in [0, 0.1) is 0 Å². The van der Waals surface area contributed by atoms with Gasteiger partial charge in [-0.1, -0.05) is 36.4 Å². The molecule has 1 atom stereocenters. The van der Waals surface area contributed by atoms with Crippen molar-refractivity contribution in [1.29, 1.82) is 0 Å². The van der Waals surface area contributed by atoms with Gasteiger partial charge < -0.3 is 5.09 Å². The van der Waals surface area contributed by atoms with Crippen LogP contribution >= 0.6 is 19.9 Å². The zero-order chi connectivity index (χ0) is 13.6. The minimum Gasteiger partial charge on any atom is -0.333 e. The molecule has 0 bridgehead atoms. The summed E-state index contributed by atoms with van der Waals surface area (Å²) in [5.41, 5.74) is 0.897. The molecule has 100 valence electrons. The van der Waals surface area contributed by atoms with Crippen LogP contribution in [-0.4, -0.2) is 11.9 Å². The SMILES string of the molecule is O=P(CCCS)(Nc1ccccc1)c1ccccc1. The Balaban J connectivity index is 2.27. The molecule has 0 radical (unpaired) electrons. The average molecular weight is 291 g/mol. The fourth-order valence-electron chi connectivity index (χ4n) is 1.93. The maximum atomic E-state index is 13.2. The number of anilines is 1. The van der Waals surface area contributed by atoms with Gasteiger partial charge in [-0.05, 0) is 36.4 Å². The predicted octanol–water partition coefficient (Wildman–Crippen LogP) is 4.02. The van der Waals surface area contributed by atoms with Gasteiger partial charge in [0.2, 0.25) is 0 Å². The first kappa shape index (κ1) is 14.2. The van der Waals surface area contributed by atoms with Crippen LogP contribution in [0.25, 0.3) is 0 Å². The third-order valence-electron chi connectivity index (χ3n) is 2.89. The molecule has 0 aliphatic carbocycles. The van der Waals surface area contributed by atoms with Crippen LogP contribution in [0.2, 0.25) is 0 Å². The highest BCUT2D eigenvalue weighted by atomic mass is 32.1. The summed E-state index contributed by atoms with van der Waals surface area (Å²) in [7, 11) is -2.61. The van der Waals surface area contributed by atoms with E-state index in [9.17, 15) is 4.57 Å². The van der Waals surface area contributed by atoms with Crippen molar-refractivity contribution >= 4 is 30.9 Å². The topological polar surface area (TPSA) is 29.1 Å². The molecule has 0 heterocycles. The van der Waals surface area contributed by atoms with Crippen molar-refractivity contribution in [1.82, 2.24) is 0 Å². The highest BCUT2D eigenvalue weighted by Gasteiger charge is 2.23. The molecule has 0 aliphatic rings. The normalized spacial score (nSPS) is 13.7. The molecule has 0 fully saturated rings. The minimum absolute atomic E-state index is 0.620. The van der Waals surface area contributed by atoms with Crippen LogP contribution in [0.1, 0.15) is 6.42 Å². The standard InChI is InChI=1S/C15H18NOPS/c17-18(12-7-13-19,15-10-5-2-6-11-15)16-14-8-3-1-4-9-14/h1-6,8-11,19H,7,12-13H2,(H,16,17). The maximum absolute atomic E-state index is 13.2. The lowest BCUT2D eigenvalue weighted by atomic mass is 10.3. The molecule has 1 unspecified atom stereocenters. The van der Waals surface area contributed by atoms with E-state index in [1.165, 1.54) is 0 Å². The van der Waals surface area contributed by atoms with E-state index in [0.29, 0.717) is 6.16 Å². The highest BCUT2D eigenvalue weighted by Crippen LogP contribution is 2.44. The van der Waals surface area contributed by atoms with Gasteiger partial charge in [-0.3, -0.25) is 4.57 Å². The molecule has 0 aromatic heterocycles. The molecule has 1 N–H and O–H groups in total. The lowest BCUT2D eigenvalue weighted by Gasteiger charge is -2.21. The minimum atomic E-state index is -2.61. The van der Waals surface area contributed by atoms with Crippen molar-refractivity contribution in [3.8, 4) is 0 Å². The van der Waals surface area contributed by atoms with Crippen molar-refractivity contribution in [3.63, 3.8) is 0 Å². The van der Waals surface area contributed by atoms with E-state index in [1.54, 1.807) is 0 Å². The van der Waals surface area contributed by atoms with Crippen molar-refractivity contribution in [2.75, 3.05) is 17.0 Å². The van der Waals surface area contributed by atoms with E-state index >= 15 is 0 Å². The Hall–Kier alpha value is -1.18. The Morgan fingerprint density at radius 2 is 1.53 bits per heavy atom. The summed E-state index contributed by atoms with van der Waals surface area (Å²) < 4.78 is 13.2. The molecule has 0 saturated carbocycles. The second kappa shape index (κ2) is 6.83. The number of hydrogen-bond acceptors (Lipinski definition) is 2. The number of benzene rings is 2. The van der Waals surface area contributed by atoms with E-state index in [-0.39, 0.29) is 0 Å². The van der Waals surface area contributed by atoms with Crippen LogP contribution in [0.15, 0.2) is 60.7 Å². The van der Waals surface area contributed by atoms with Gasteiger partial charge in [-0.15, -0.1) is 0 Å². The Kier molecular flexibility index (Phi) is 5.12. The summed E-state index contributed by atoms with van der Waals surface area (Å²) in [4.78, 5) is 0. The lowest BCUT2D eigenvalue weighted by Crippen LogP contribution is -2.14. The summed E-state index contributed by atoms with van der Waals surface area (Å²) >= 11 is 4.22. The molecule has 19 heavy (non-hydrogen) atoms. The summed E-state index contributed by atoms with van der Waals surface area (Å²) in [5, 5.41) is 4.10. The predicted molar refractivity (Wildman–Crippen MR) is 87.1 cm³/mol. The molecule has 2 aromatic carbocycles. The first-order valence-corrected chi connectivity index (χ1v) is 8.86. The second-order valence-electron chi connectivity index (χ2n) is 4.35. The van der Waals surface area contributed by atoms with Gasteiger partial charge >= 0.3 is 0 Å². The molecule has 0 amide bonds. The Morgan fingerprint density at radius 1 is 0.947 bits per heavy atom. The molecular weight excluding hydrogens is 273 g/mol. The van der Waals surface area contributed by atoms with Crippen LogP contribution in [0.5, 0.6) is 0 Å². The molecule has 2 aromatic rings. The monoisotopic (exact) mass is 291 g/mol. The smallest absolute Gasteiger partial charge is 0.198 e. The number of rotatable bonds is 6. The molecule has 2 nitrogen and oxygen atoms in total. The van der Waals surface area contributed by atoms with Crippen LogP contribution in [0.4, 0.5) is 5.69 Å². The number of nitrogens with one attached hydrogen (secondary N) is 1. The van der Waals surface area contributed by atoms with E-state index in [4.69, 9.17) is 0 Å². The molecular formula is C15H18NOPS. The third kappa shape index (κ3) is 3.89. The summed E-state index contributed by atoms with van der Waals surface area (Å²) in [6.45, 7) is 0.